The summed E-state index contributed by atoms with van der Waals surface area (Å²) in [6.45, 7) is 5.70. The van der Waals surface area contributed by atoms with Crippen molar-refractivity contribution in [3.05, 3.63) is 0 Å². The maximum Gasteiger partial charge on any atom is 0.408 e. The Morgan fingerprint density at radius 2 is 1.89 bits per heavy atom. The third kappa shape index (κ3) is 9.07. The van der Waals surface area contributed by atoms with Gasteiger partial charge in [0.25, 0.3) is 0 Å². The lowest BCUT2D eigenvalue weighted by Gasteiger charge is -2.22. The van der Waals surface area contributed by atoms with Crippen molar-refractivity contribution in [1.82, 2.24) is 5.32 Å². The fraction of sp³-hybridized carbons (Fsp3) is 0.818. The maximum absolute atomic E-state index is 11.5. The number of nitrogens with two attached hydrogens (primary N) is 1. The third-order valence-electron chi connectivity index (χ3n) is 1.87. The van der Waals surface area contributed by atoms with Crippen molar-refractivity contribution in [2.24, 2.45) is 5.73 Å². The molecule has 0 radical (unpaired) electrons. The molecule has 1 atom stereocenters. The Balaban J connectivity index is 0. The average Bonchev–Trinajstić information content (AvgIpc) is 2.20. The van der Waals surface area contributed by atoms with E-state index in [1.165, 1.54) is 7.11 Å². The molecule has 0 aliphatic carbocycles. The molecule has 0 spiro atoms. The van der Waals surface area contributed by atoms with Crippen LogP contribution in [0, 0.1) is 0 Å². The molecular weight excluding hydrogens is 260 g/mol. The van der Waals surface area contributed by atoms with Gasteiger partial charge in [0.15, 0.2) is 0 Å². The first-order valence-electron chi connectivity index (χ1n) is 5.57. The molecule has 6 nitrogen and oxygen atoms in total. The number of amides is 1. The molecule has 108 valence electrons. The SMILES string of the molecule is COC(=O)[C@@H](CCCN)NC(=O)OC(C)(C)C.Cl. The highest BCUT2D eigenvalue weighted by Gasteiger charge is 2.24. The van der Waals surface area contributed by atoms with Gasteiger partial charge in [-0.15, -0.1) is 12.4 Å². The van der Waals surface area contributed by atoms with Crippen molar-refractivity contribution in [2.75, 3.05) is 13.7 Å². The molecule has 0 heterocycles. The van der Waals surface area contributed by atoms with Crippen LogP contribution in [-0.2, 0) is 14.3 Å². The Kier molecular flexibility index (Phi) is 9.66. The van der Waals surface area contributed by atoms with E-state index in [2.05, 4.69) is 10.1 Å². The molecule has 0 aromatic carbocycles. The molecule has 0 rings (SSSR count). The van der Waals surface area contributed by atoms with Gasteiger partial charge in [-0.1, -0.05) is 0 Å². The second kappa shape index (κ2) is 8.99. The van der Waals surface area contributed by atoms with Crippen LogP contribution < -0.4 is 11.1 Å². The summed E-state index contributed by atoms with van der Waals surface area (Å²) >= 11 is 0. The quantitative estimate of drug-likeness (QED) is 0.740. The average molecular weight is 283 g/mol. The lowest BCUT2D eigenvalue weighted by Crippen LogP contribution is -2.44. The van der Waals surface area contributed by atoms with Crippen LogP contribution in [0.2, 0.25) is 0 Å². The molecule has 0 saturated carbocycles. The van der Waals surface area contributed by atoms with Crippen molar-refractivity contribution >= 4 is 24.5 Å². The lowest BCUT2D eigenvalue weighted by atomic mass is 10.1. The Morgan fingerprint density at radius 3 is 2.28 bits per heavy atom. The molecule has 0 saturated heterocycles. The number of hydrogen-bond acceptors (Lipinski definition) is 5. The Labute approximate surface area is 114 Å². The minimum Gasteiger partial charge on any atom is -0.467 e. The van der Waals surface area contributed by atoms with E-state index in [9.17, 15) is 9.59 Å². The molecule has 1 amide bonds. The Morgan fingerprint density at radius 1 is 1.33 bits per heavy atom. The number of alkyl carbamates (subject to hydrolysis) is 1. The van der Waals surface area contributed by atoms with E-state index in [-0.39, 0.29) is 12.4 Å². The number of esters is 1. The van der Waals surface area contributed by atoms with Crippen LogP contribution in [0.4, 0.5) is 4.79 Å². The van der Waals surface area contributed by atoms with Gasteiger partial charge in [0.2, 0.25) is 0 Å². The first kappa shape index (κ1) is 19.3. The smallest absolute Gasteiger partial charge is 0.408 e. The largest absolute Gasteiger partial charge is 0.467 e. The Hall–Kier alpha value is -1.01. The van der Waals surface area contributed by atoms with E-state index in [0.29, 0.717) is 19.4 Å². The molecule has 0 bridgehead atoms. The van der Waals surface area contributed by atoms with Gasteiger partial charge in [-0.25, -0.2) is 9.59 Å². The zero-order valence-electron chi connectivity index (χ0n) is 11.3. The minimum absolute atomic E-state index is 0. The van der Waals surface area contributed by atoms with Gasteiger partial charge in [0.1, 0.15) is 11.6 Å². The molecule has 0 aromatic rings. The monoisotopic (exact) mass is 282 g/mol. The van der Waals surface area contributed by atoms with Gasteiger partial charge in [-0.3, -0.25) is 0 Å². The number of carbonyl (C=O) groups is 2. The Bertz CT molecular complexity index is 266. The maximum atomic E-state index is 11.5. The van der Waals surface area contributed by atoms with Crippen LogP contribution in [0.25, 0.3) is 0 Å². The highest BCUT2D eigenvalue weighted by molar-refractivity contribution is 5.85. The molecule has 0 unspecified atom stereocenters. The predicted octanol–water partition coefficient (Wildman–Crippen LogP) is 1.21. The van der Waals surface area contributed by atoms with E-state index in [4.69, 9.17) is 10.5 Å². The van der Waals surface area contributed by atoms with Crippen LogP contribution in [0.3, 0.4) is 0 Å². The van der Waals surface area contributed by atoms with Crippen LogP contribution >= 0.6 is 12.4 Å². The molecule has 3 N–H and O–H groups in total. The molecule has 0 aromatic heterocycles. The van der Waals surface area contributed by atoms with Gasteiger partial charge >= 0.3 is 12.1 Å². The summed E-state index contributed by atoms with van der Waals surface area (Å²) in [4.78, 5) is 22.9. The zero-order valence-corrected chi connectivity index (χ0v) is 12.1. The summed E-state index contributed by atoms with van der Waals surface area (Å²) in [6, 6.07) is -0.710. The van der Waals surface area contributed by atoms with Crippen molar-refractivity contribution in [3.8, 4) is 0 Å². The third-order valence-corrected chi connectivity index (χ3v) is 1.87. The van der Waals surface area contributed by atoms with Crippen LogP contribution in [0.15, 0.2) is 0 Å². The highest BCUT2D eigenvalue weighted by Crippen LogP contribution is 2.08. The molecule has 0 aliphatic rings. The first-order chi connectivity index (χ1) is 7.80. The summed E-state index contributed by atoms with van der Waals surface area (Å²) < 4.78 is 9.64. The normalized spacial score (nSPS) is 12.1. The van der Waals surface area contributed by atoms with Crippen LogP contribution in [0.5, 0.6) is 0 Å². The number of hydrogen-bond donors (Lipinski definition) is 2. The number of rotatable bonds is 5. The first-order valence-corrected chi connectivity index (χ1v) is 5.57. The van der Waals surface area contributed by atoms with E-state index in [0.717, 1.165) is 0 Å². The van der Waals surface area contributed by atoms with E-state index in [1.807, 2.05) is 0 Å². The molecular formula is C11H23ClN2O4. The fourth-order valence-electron chi connectivity index (χ4n) is 1.16. The number of nitrogens with one attached hydrogen (secondary N) is 1. The minimum atomic E-state index is -0.710. The van der Waals surface area contributed by atoms with Crippen LogP contribution in [0.1, 0.15) is 33.6 Å². The molecule has 18 heavy (non-hydrogen) atoms. The second-order valence-electron chi connectivity index (χ2n) is 4.65. The van der Waals surface area contributed by atoms with Gasteiger partial charge in [-0.05, 0) is 40.2 Å². The van der Waals surface area contributed by atoms with Gasteiger partial charge < -0.3 is 20.5 Å². The summed E-state index contributed by atoms with van der Waals surface area (Å²) in [5.74, 6) is -0.496. The predicted molar refractivity (Wildman–Crippen MR) is 70.7 cm³/mol. The van der Waals surface area contributed by atoms with Crippen molar-refractivity contribution < 1.29 is 19.1 Å². The molecule has 0 fully saturated rings. The van der Waals surface area contributed by atoms with E-state index < -0.39 is 23.7 Å². The van der Waals surface area contributed by atoms with E-state index >= 15 is 0 Å². The number of ether oxygens (including phenoxy) is 2. The van der Waals surface area contributed by atoms with Crippen molar-refractivity contribution in [1.29, 1.82) is 0 Å². The highest BCUT2D eigenvalue weighted by atomic mass is 35.5. The van der Waals surface area contributed by atoms with Crippen LogP contribution in [-0.4, -0.2) is 37.4 Å². The summed E-state index contributed by atoms with van der Waals surface area (Å²) in [5.41, 5.74) is 4.76. The van der Waals surface area contributed by atoms with Gasteiger partial charge in [-0.2, -0.15) is 0 Å². The fourth-order valence-corrected chi connectivity index (χ4v) is 1.16. The molecule has 7 heteroatoms. The van der Waals surface area contributed by atoms with Crippen molar-refractivity contribution in [2.45, 2.75) is 45.3 Å². The zero-order chi connectivity index (χ0) is 13.5. The number of halogens is 1. The topological polar surface area (TPSA) is 90.6 Å². The standard InChI is InChI=1S/C11H22N2O4.ClH/c1-11(2,3)17-10(15)13-8(6-5-7-12)9(14)16-4;/h8H,5-7,12H2,1-4H3,(H,13,15);1H/t8-;/m1./s1. The number of methoxy groups -OCH3 is 1. The van der Waals surface area contributed by atoms with E-state index in [1.54, 1.807) is 20.8 Å². The summed E-state index contributed by atoms with van der Waals surface area (Å²) in [5, 5.41) is 2.47. The summed E-state index contributed by atoms with van der Waals surface area (Å²) in [7, 11) is 1.27. The lowest BCUT2D eigenvalue weighted by molar-refractivity contribution is -0.143. The molecule has 0 aliphatic heterocycles. The second-order valence-corrected chi connectivity index (χ2v) is 4.65. The van der Waals surface area contributed by atoms with Gasteiger partial charge in [0, 0.05) is 0 Å². The number of carbonyl (C=O) groups excluding carboxylic acids is 2. The summed E-state index contributed by atoms with van der Waals surface area (Å²) in [6.07, 6.45) is 0.419. The van der Waals surface area contributed by atoms with Crippen molar-refractivity contribution in [3.63, 3.8) is 0 Å². The van der Waals surface area contributed by atoms with Gasteiger partial charge in [0.05, 0.1) is 7.11 Å².